The largest absolute Gasteiger partial charge is 0.433 e. The third kappa shape index (κ3) is 5.86. The standard InChI is InChI=1S/C52H46F6N6/c1-7-36-35-19-11-15-23-40(35)64-46-42(25-26-44(60-46)52(56,57)58)62(38-21-13-9-17-31(38)3)48(64)49(36,6)27-28-50(8-2)33(5)47-61(41-24-16-12-20-37(41)50)43-29-34(51(53,54)55)30-59-45(43)63(47)39-22-14-10-18-32(39)4/h7-26,29-30,33,36,47-48H,1-2,27-28H2,3-6H3. The van der Waals surface area contributed by atoms with E-state index in [1.165, 1.54) is 12.1 Å². The number of rotatable bonds is 7. The molecular weight excluding hydrogens is 823 g/mol. The normalized spacial score (nSPS) is 24.3. The molecule has 0 radical (unpaired) electrons. The number of nitrogens with zero attached hydrogens (tertiary/aromatic N) is 6. The molecule has 2 aromatic heterocycles. The van der Waals surface area contributed by atoms with Crippen LogP contribution in [0.3, 0.4) is 0 Å². The van der Waals surface area contributed by atoms with Crippen LogP contribution in [-0.4, -0.2) is 22.3 Å². The first kappa shape index (κ1) is 41.5. The predicted molar refractivity (Wildman–Crippen MR) is 241 cm³/mol. The summed E-state index contributed by atoms with van der Waals surface area (Å²) >= 11 is 0. The van der Waals surface area contributed by atoms with Crippen molar-refractivity contribution >= 4 is 45.8 Å². The van der Waals surface area contributed by atoms with Gasteiger partial charge in [-0.3, -0.25) is 0 Å². The number of pyridine rings is 2. The van der Waals surface area contributed by atoms with E-state index in [0.717, 1.165) is 57.3 Å². The van der Waals surface area contributed by atoms with Crippen LogP contribution in [-0.2, 0) is 17.8 Å². The molecule has 0 bridgehead atoms. The van der Waals surface area contributed by atoms with Crippen LogP contribution in [0, 0.1) is 25.2 Å². The van der Waals surface area contributed by atoms with Crippen LogP contribution in [0.4, 0.5) is 72.1 Å². The van der Waals surface area contributed by atoms with E-state index in [1.54, 1.807) is 0 Å². The van der Waals surface area contributed by atoms with Crippen molar-refractivity contribution in [2.24, 2.45) is 11.3 Å². The quantitative estimate of drug-likeness (QED) is 0.118. The zero-order chi connectivity index (χ0) is 45.1. The lowest BCUT2D eigenvalue weighted by molar-refractivity contribution is -0.141. The molecule has 0 amide bonds. The summed E-state index contributed by atoms with van der Waals surface area (Å²) in [5.74, 6) is 0.0722. The molecule has 0 aliphatic carbocycles. The molecule has 326 valence electrons. The summed E-state index contributed by atoms with van der Waals surface area (Å²) in [6.45, 7) is 17.3. The molecule has 6 atom stereocenters. The summed E-state index contributed by atoms with van der Waals surface area (Å²) in [6, 6.07) is 35.2. The highest BCUT2D eigenvalue weighted by Crippen LogP contribution is 2.65. The molecule has 0 saturated heterocycles. The van der Waals surface area contributed by atoms with Crippen molar-refractivity contribution in [1.29, 1.82) is 0 Å². The van der Waals surface area contributed by atoms with E-state index in [4.69, 9.17) is 0 Å². The molecule has 4 aliphatic heterocycles. The average Bonchev–Trinajstić information content (AvgIpc) is 3.80. The first-order chi connectivity index (χ1) is 30.5. The smallest absolute Gasteiger partial charge is 0.316 e. The Morgan fingerprint density at radius 1 is 0.641 bits per heavy atom. The van der Waals surface area contributed by atoms with Gasteiger partial charge in [0.05, 0.1) is 16.9 Å². The maximum Gasteiger partial charge on any atom is 0.433 e. The Bertz CT molecular complexity index is 2850. The molecular formula is C52H46F6N6. The first-order valence-corrected chi connectivity index (χ1v) is 21.4. The van der Waals surface area contributed by atoms with Crippen molar-refractivity contribution in [3.8, 4) is 0 Å². The van der Waals surface area contributed by atoms with Gasteiger partial charge in [-0.15, -0.1) is 13.2 Å². The fraction of sp³-hybridized carbons (Fsp3) is 0.269. The summed E-state index contributed by atoms with van der Waals surface area (Å²) in [5, 5.41) is 0. The molecule has 0 N–H and O–H groups in total. The second kappa shape index (κ2) is 14.5. The van der Waals surface area contributed by atoms with Gasteiger partial charge in [-0.25, -0.2) is 9.97 Å². The molecule has 6 unspecified atom stereocenters. The lowest BCUT2D eigenvalue weighted by Gasteiger charge is -2.56. The number of alkyl halides is 6. The number of halogens is 6. The van der Waals surface area contributed by atoms with Gasteiger partial charge in [0.25, 0.3) is 0 Å². The zero-order valence-corrected chi connectivity index (χ0v) is 35.8. The third-order valence-corrected chi connectivity index (χ3v) is 14.5. The number of allylic oxidation sites excluding steroid dienone is 2. The molecule has 6 aromatic rings. The molecule has 0 spiro atoms. The van der Waals surface area contributed by atoms with Crippen LogP contribution >= 0.6 is 0 Å². The van der Waals surface area contributed by atoms with Gasteiger partial charge in [0.1, 0.15) is 18.0 Å². The maximum absolute atomic E-state index is 14.5. The molecule has 12 heteroatoms. The molecule has 4 aromatic carbocycles. The van der Waals surface area contributed by atoms with E-state index < -0.39 is 46.8 Å². The van der Waals surface area contributed by atoms with Gasteiger partial charge in [-0.2, -0.15) is 26.3 Å². The maximum atomic E-state index is 14.5. The molecule has 6 nitrogen and oxygen atoms in total. The minimum absolute atomic E-state index is 0.220. The summed E-state index contributed by atoms with van der Waals surface area (Å²) in [7, 11) is 0. The minimum atomic E-state index is -4.67. The first-order valence-electron chi connectivity index (χ1n) is 21.4. The van der Waals surface area contributed by atoms with Crippen molar-refractivity contribution in [3.05, 3.63) is 180 Å². The minimum Gasteiger partial charge on any atom is -0.316 e. The lowest BCUT2D eigenvalue weighted by Crippen LogP contribution is -2.58. The highest BCUT2D eigenvalue weighted by molar-refractivity contribution is 5.91. The average molecular weight is 869 g/mol. The summed E-state index contributed by atoms with van der Waals surface area (Å²) < 4.78 is 86.9. The Labute approximate surface area is 368 Å². The number of para-hydroxylation sites is 4. The second-order valence-electron chi connectivity index (χ2n) is 17.8. The van der Waals surface area contributed by atoms with Gasteiger partial charge in [-0.05, 0) is 91.4 Å². The Kier molecular flexibility index (Phi) is 9.38. The van der Waals surface area contributed by atoms with Gasteiger partial charge in [0, 0.05) is 51.6 Å². The van der Waals surface area contributed by atoms with Crippen LogP contribution in [0.15, 0.2) is 147 Å². The van der Waals surface area contributed by atoms with E-state index in [1.807, 2.05) is 133 Å². The van der Waals surface area contributed by atoms with Crippen molar-refractivity contribution in [2.75, 3.05) is 19.6 Å². The highest BCUT2D eigenvalue weighted by Gasteiger charge is 2.60. The van der Waals surface area contributed by atoms with Crippen LogP contribution in [0.25, 0.3) is 0 Å². The zero-order valence-electron chi connectivity index (χ0n) is 35.8. The summed E-state index contributed by atoms with van der Waals surface area (Å²) in [6.07, 6.45) is -4.45. The van der Waals surface area contributed by atoms with Crippen LogP contribution in [0.2, 0.25) is 0 Å². The predicted octanol–water partition coefficient (Wildman–Crippen LogP) is 14.2. The van der Waals surface area contributed by atoms with E-state index in [0.29, 0.717) is 30.0 Å². The Balaban J connectivity index is 1.17. The highest BCUT2D eigenvalue weighted by atomic mass is 19.4. The molecule has 6 heterocycles. The van der Waals surface area contributed by atoms with E-state index in [-0.39, 0.29) is 17.7 Å². The molecule has 10 rings (SSSR count). The molecule has 0 fully saturated rings. The fourth-order valence-corrected chi connectivity index (χ4v) is 11.4. The number of aryl methyl sites for hydroxylation is 2. The van der Waals surface area contributed by atoms with Gasteiger partial charge < -0.3 is 19.6 Å². The van der Waals surface area contributed by atoms with E-state index >= 15 is 0 Å². The number of fused-ring (bicyclic) bond motifs is 10. The van der Waals surface area contributed by atoms with Gasteiger partial charge in [0.15, 0.2) is 11.6 Å². The SMILES string of the molecule is C=CC1c2ccccc2N2c3nc(C(F)(F)F)ccc3N(c3ccccc3C)C2C1(C)CCC1(C=C)c2ccccc2N2c3cc(C(F)(F)F)cnc3N(c3ccccc3C)C2C1C. The monoisotopic (exact) mass is 868 g/mol. The van der Waals surface area contributed by atoms with Crippen LogP contribution < -0.4 is 19.6 Å². The second-order valence-corrected chi connectivity index (χ2v) is 17.8. The Hall–Kier alpha value is -6.56. The van der Waals surface area contributed by atoms with Crippen molar-refractivity contribution in [3.63, 3.8) is 0 Å². The topological polar surface area (TPSA) is 38.7 Å². The van der Waals surface area contributed by atoms with E-state index in [2.05, 4.69) is 46.8 Å². The molecule has 64 heavy (non-hydrogen) atoms. The van der Waals surface area contributed by atoms with Crippen LogP contribution in [0.5, 0.6) is 0 Å². The van der Waals surface area contributed by atoms with Crippen LogP contribution in [0.1, 0.15) is 66.1 Å². The van der Waals surface area contributed by atoms with Gasteiger partial charge in [-0.1, -0.05) is 98.8 Å². The summed E-state index contributed by atoms with van der Waals surface area (Å²) in [4.78, 5) is 17.2. The molecule has 4 aliphatic rings. The number of benzene rings is 4. The lowest BCUT2D eigenvalue weighted by atomic mass is 9.58. The summed E-state index contributed by atoms with van der Waals surface area (Å²) in [5.41, 5.74) is 4.50. The van der Waals surface area contributed by atoms with Crippen molar-refractivity contribution in [2.45, 2.75) is 76.6 Å². The Morgan fingerprint density at radius 3 is 1.88 bits per heavy atom. The third-order valence-electron chi connectivity index (χ3n) is 14.5. The van der Waals surface area contributed by atoms with E-state index in [9.17, 15) is 26.3 Å². The van der Waals surface area contributed by atoms with Crippen molar-refractivity contribution in [1.82, 2.24) is 9.97 Å². The van der Waals surface area contributed by atoms with Gasteiger partial charge in [0.2, 0.25) is 0 Å². The fourth-order valence-electron chi connectivity index (χ4n) is 11.4. The Morgan fingerprint density at radius 2 is 1.25 bits per heavy atom. The van der Waals surface area contributed by atoms with Gasteiger partial charge >= 0.3 is 12.4 Å². The molecule has 0 saturated carbocycles. The number of anilines is 8. The van der Waals surface area contributed by atoms with Crippen molar-refractivity contribution < 1.29 is 26.3 Å². The number of hydrogen-bond acceptors (Lipinski definition) is 6. The number of aromatic nitrogens is 2. The number of hydrogen-bond donors (Lipinski definition) is 0.